The summed E-state index contributed by atoms with van der Waals surface area (Å²) in [7, 11) is 0. The molecule has 1 aromatic carbocycles. The molecule has 13 heavy (non-hydrogen) atoms. The Bertz CT molecular complexity index is 281. The van der Waals surface area contributed by atoms with Gasteiger partial charge in [-0.15, -0.1) is 0 Å². The zero-order valence-corrected chi connectivity index (χ0v) is 8.47. The second kappa shape index (κ2) is 4.92. The van der Waals surface area contributed by atoms with Crippen LogP contribution in [0.25, 0.3) is 0 Å². The summed E-state index contributed by atoms with van der Waals surface area (Å²) < 4.78 is 0. The molecule has 0 spiro atoms. The van der Waals surface area contributed by atoms with Crippen molar-refractivity contribution < 1.29 is 4.79 Å². The van der Waals surface area contributed by atoms with Gasteiger partial charge in [0.05, 0.1) is 0 Å². The Morgan fingerprint density at radius 3 is 2.31 bits per heavy atom. The van der Waals surface area contributed by atoms with Gasteiger partial charge in [-0.1, -0.05) is 43.8 Å². The number of hydrogen-bond acceptors (Lipinski definition) is 1. The molecule has 70 valence electrons. The quantitative estimate of drug-likeness (QED) is 0.712. The monoisotopic (exact) mass is 195 g/mol. The number of benzene rings is 1. The predicted octanol–water partition coefficient (Wildman–Crippen LogP) is 2.39. The maximum Gasteiger partial charge on any atom is 0.276 e. The third-order valence-corrected chi connectivity index (χ3v) is 2.03. The molecule has 0 atom stereocenters. The minimum Gasteiger partial charge on any atom is -0.343 e. The van der Waals surface area contributed by atoms with Gasteiger partial charge >= 0.3 is 0 Å². The number of hydrogen-bond donors (Lipinski definition) is 2. The molecule has 0 aliphatic carbocycles. The number of carbonyl (C=O) groups is 1. The Balaban J connectivity index is 2.54. The summed E-state index contributed by atoms with van der Waals surface area (Å²) in [5.41, 5.74) is 2.40. The highest BCUT2D eigenvalue weighted by molar-refractivity contribution is 7.96. The first-order chi connectivity index (χ1) is 6.22. The van der Waals surface area contributed by atoms with Crippen molar-refractivity contribution in [2.24, 2.45) is 0 Å². The van der Waals surface area contributed by atoms with Crippen LogP contribution >= 0.6 is 12.6 Å². The van der Waals surface area contributed by atoms with E-state index in [0.717, 1.165) is 12.0 Å². The number of aryl methyl sites for hydroxylation is 1. The lowest BCUT2D eigenvalue weighted by Crippen LogP contribution is -2.15. The average Bonchev–Trinajstić information content (AvgIpc) is 2.15. The van der Waals surface area contributed by atoms with Crippen LogP contribution in [-0.4, -0.2) is 5.24 Å². The van der Waals surface area contributed by atoms with E-state index in [4.69, 9.17) is 0 Å². The van der Waals surface area contributed by atoms with Crippen LogP contribution in [0.1, 0.15) is 18.1 Å². The van der Waals surface area contributed by atoms with Gasteiger partial charge in [-0.3, -0.25) is 4.79 Å². The van der Waals surface area contributed by atoms with Crippen LogP contribution in [0.4, 0.5) is 4.79 Å². The molecule has 0 saturated heterocycles. The highest BCUT2D eigenvalue weighted by atomic mass is 32.1. The third kappa shape index (κ3) is 3.51. The maximum absolute atomic E-state index is 10.5. The Hall–Kier alpha value is -0.960. The van der Waals surface area contributed by atoms with Crippen LogP contribution in [-0.2, 0) is 13.0 Å². The SMILES string of the molecule is CCc1ccc(CNC(=O)S)cc1. The first-order valence-electron chi connectivity index (χ1n) is 4.27. The first kappa shape index (κ1) is 10.1. The lowest BCUT2D eigenvalue weighted by molar-refractivity contribution is 0.260. The number of amides is 1. The van der Waals surface area contributed by atoms with Gasteiger partial charge in [0, 0.05) is 6.54 Å². The first-order valence-corrected chi connectivity index (χ1v) is 4.71. The Labute approximate surface area is 83.8 Å². The van der Waals surface area contributed by atoms with Crippen molar-refractivity contribution >= 4 is 17.9 Å². The van der Waals surface area contributed by atoms with E-state index in [0.29, 0.717) is 6.54 Å². The third-order valence-electron chi connectivity index (χ3n) is 1.87. The molecule has 0 unspecified atom stereocenters. The molecule has 1 aromatic rings. The van der Waals surface area contributed by atoms with Gasteiger partial charge in [0.25, 0.3) is 5.24 Å². The lowest BCUT2D eigenvalue weighted by Gasteiger charge is -2.02. The van der Waals surface area contributed by atoms with Crippen molar-refractivity contribution in [2.45, 2.75) is 19.9 Å². The highest BCUT2D eigenvalue weighted by Gasteiger charge is 1.94. The van der Waals surface area contributed by atoms with Crippen molar-refractivity contribution in [2.75, 3.05) is 0 Å². The molecule has 0 aromatic heterocycles. The molecule has 1 N–H and O–H groups in total. The van der Waals surface area contributed by atoms with Crippen LogP contribution < -0.4 is 5.32 Å². The van der Waals surface area contributed by atoms with Crippen molar-refractivity contribution in [3.05, 3.63) is 35.4 Å². The van der Waals surface area contributed by atoms with E-state index in [-0.39, 0.29) is 5.24 Å². The zero-order chi connectivity index (χ0) is 9.68. The van der Waals surface area contributed by atoms with Crippen LogP contribution in [0.15, 0.2) is 24.3 Å². The fourth-order valence-corrected chi connectivity index (χ4v) is 1.15. The zero-order valence-electron chi connectivity index (χ0n) is 7.58. The standard InChI is InChI=1S/C10H13NOS/c1-2-8-3-5-9(6-4-8)7-11-10(12)13/h3-6H,2,7H2,1H3,(H2,11,12,13). The summed E-state index contributed by atoms with van der Waals surface area (Å²) in [6, 6.07) is 8.17. The van der Waals surface area contributed by atoms with Crippen molar-refractivity contribution in [1.29, 1.82) is 0 Å². The van der Waals surface area contributed by atoms with Crippen LogP contribution in [0.3, 0.4) is 0 Å². The molecule has 2 nitrogen and oxygen atoms in total. The minimum atomic E-state index is -0.292. The lowest BCUT2D eigenvalue weighted by atomic mass is 10.1. The summed E-state index contributed by atoms with van der Waals surface area (Å²) in [5.74, 6) is 0. The van der Waals surface area contributed by atoms with E-state index >= 15 is 0 Å². The summed E-state index contributed by atoms with van der Waals surface area (Å²) in [5, 5.41) is 2.33. The highest BCUT2D eigenvalue weighted by Crippen LogP contribution is 2.04. The molecule has 0 aliphatic heterocycles. The average molecular weight is 195 g/mol. The molecule has 1 rings (SSSR count). The molecule has 3 heteroatoms. The van der Waals surface area contributed by atoms with Crippen LogP contribution in [0, 0.1) is 0 Å². The molecule has 0 aliphatic rings. The van der Waals surface area contributed by atoms with Crippen LogP contribution in [0.2, 0.25) is 0 Å². The van der Waals surface area contributed by atoms with Crippen LogP contribution in [0.5, 0.6) is 0 Å². The molecule has 0 fully saturated rings. The Kier molecular flexibility index (Phi) is 3.83. The second-order valence-corrected chi connectivity index (χ2v) is 3.23. The van der Waals surface area contributed by atoms with Gasteiger partial charge in [-0.05, 0) is 17.5 Å². The molecule has 0 saturated carbocycles. The summed E-state index contributed by atoms with van der Waals surface area (Å²) >= 11 is 3.62. The Morgan fingerprint density at radius 2 is 1.85 bits per heavy atom. The summed E-state index contributed by atoms with van der Waals surface area (Å²) in [4.78, 5) is 10.5. The predicted molar refractivity (Wildman–Crippen MR) is 57.0 cm³/mol. The van der Waals surface area contributed by atoms with Crippen molar-refractivity contribution in [1.82, 2.24) is 5.32 Å². The number of thiol groups is 1. The van der Waals surface area contributed by atoms with E-state index in [2.05, 4.69) is 37.0 Å². The van der Waals surface area contributed by atoms with Gasteiger partial charge in [-0.25, -0.2) is 0 Å². The molecule has 1 amide bonds. The molecular formula is C10H13NOS. The van der Waals surface area contributed by atoms with E-state index in [1.54, 1.807) is 0 Å². The fraction of sp³-hybridized carbons (Fsp3) is 0.300. The molecule has 0 radical (unpaired) electrons. The van der Waals surface area contributed by atoms with Gasteiger partial charge in [0.2, 0.25) is 0 Å². The molecule has 0 heterocycles. The van der Waals surface area contributed by atoms with Gasteiger partial charge in [-0.2, -0.15) is 0 Å². The maximum atomic E-state index is 10.5. The van der Waals surface area contributed by atoms with E-state index in [1.807, 2.05) is 12.1 Å². The van der Waals surface area contributed by atoms with Crippen molar-refractivity contribution in [3.8, 4) is 0 Å². The Morgan fingerprint density at radius 1 is 1.31 bits per heavy atom. The normalized spacial score (nSPS) is 9.69. The summed E-state index contributed by atoms with van der Waals surface area (Å²) in [6.45, 7) is 2.66. The smallest absolute Gasteiger partial charge is 0.276 e. The van der Waals surface area contributed by atoms with Gasteiger partial charge < -0.3 is 5.32 Å². The van der Waals surface area contributed by atoms with Gasteiger partial charge in [0.1, 0.15) is 0 Å². The number of rotatable bonds is 3. The largest absolute Gasteiger partial charge is 0.343 e. The summed E-state index contributed by atoms with van der Waals surface area (Å²) in [6.07, 6.45) is 1.04. The topological polar surface area (TPSA) is 29.1 Å². The second-order valence-electron chi connectivity index (χ2n) is 2.83. The molecule has 0 bridgehead atoms. The fourth-order valence-electron chi connectivity index (χ4n) is 1.07. The number of nitrogens with one attached hydrogen (secondary N) is 1. The van der Waals surface area contributed by atoms with Gasteiger partial charge in [0.15, 0.2) is 0 Å². The minimum absolute atomic E-state index is 0.292. The molecular weight excluding hydrogens is 182 g/mol. The number of carbonyl (C=O) groups excluding carboxylic acids is 1. The van der Waals surface area contributed by atoms with E-state index in [9.17, 15) is 4.79 Å². The van der Waals surface area contributed by atoms with Crippen molar-refractivity contribution in [3.63, 3.8) is 0 Å². The van der Waals surface area contributed by atoms with E-state index in [1.165, 1.54) is 5.56 Å². The van der Waals surface area contributed by atoms with E-state index < -0.39 is 0 Å².